The van der Waals surface area contributed by atoms with Crippen molar-refractivity contribution in [2.45, 2.75) is 44.7 Å². The quantitative estimate of drug-likeness (QED) is 0.913. The van der Waals surface area contributed by atoms with E-state index in [9.17, 15) is 0 Å². The van der Waals surface area contributed by atoms with E-state index < -0.39 is 0 Å². The lowest BCUT2D eigenvalue weighted by atomic mass is 9.90. The van der Waals surface area contributed by atoms with Gasteiger partial charge >= 0.3 is 0 Å². The number of nitrogens with zero attached hydrogens (tertiary/aromatic N) is 1. The van der Waals surface area contributed by atoms with Crippen molar-refractivity contribution in [3.8, 4) is 0 Å². The molecule has 0 bridgehead atoms. The summed E-state index contributed by atoms with van der Waals surface area (Å²) in [7, 11) is 0. The van der Waals surface area contributed by atoms with Gasteiger partial charge in [0.05, 0.1) is 0 Å². The molecule has 1 aliphatic carbocycles. The maximum Gasteiger partial charge on any atom is 0.0448 e. The number of anilines is 1. The minimum absolute atomic E-state index is 0.373. The van der Waals surface area contributed by atoms with Crippen molar-refractivity contribution >= 4 is 16.5 Å². The van der Waals surface area contributed by atoms with Crippen molar-refractivity contribution < 1.29 is 0 Å². The van der Waals surface area contributed by atoms with Gasteiger partial charge in [-0.3, -0.25) is 0 Å². The van der Waals surface area contributed by atoms with Crippen molar-refractivity contribution in [3.05, 3.63) is 42.5 Å². The Hall–Kier alpha value is -1.54. The van der Waals surface area contributed by atoms with Crippen molar-refractivity contribution in [2.75, 3.05) is 11.4 Å². The Balaban J connectivity index is 1.98. The Kier molecular flexibility index (Phi) is 3.93. The summed E-state index contributed by atoms with van der Waals surface area (Å²) in [6.07, 6.45) is 4.83. The lowest BCUT2D eigenvalue weighted by molar-refractivity contribution is 0.376. The van der Waals surface area contributed by atoms with Crippen LogP contribution in [-0.4, -0.2) is 18.6 Å². The van der Waals surface area contributed by atoms with Crippen molar-refractivity contribution in [2.24, 2.45) is 5.73 Å². The average Bonchev–Trinajstić information content (AvgIpc) is 2.48. The number of nitrogens with two attached hydrogens (primary N) is 1. The van der Waals surface area contributed by atoms with Crippen LogP contribution >= 0.6 is 0 Å². The minimum Gasteiger partial charge on any atom is -0.368 e. The lowest BCUT2D eigenvalue weighted by Gasteiger charge is -2.38. The zero-order chi connectivity index (χ0) is 13.9. The summed E-state index contributed by atoms with van der Waals surface area (Å²) >= 11 is 0. The molecule has 0 saturated heterocycles. The Morgan fingerprint density at radius 2 is 1.90 bits per heavy atom. The van der Waals surface area contributed by atoms with Crippen LogP contribution in [0.15, 0.2) is 42.5 Å². The number of hydrogen-bond acceptors (Lipinski definition) is 2. The first-order valence-corrected chi connectivity index (χ1v) is 7.79. The Labute approximate surface area is 121 Å². The fourth-order valence-corrected chi connectivity index (χ4v) is 3.57. The zero-order valence-electron chi connectivity index (χ0n) is 12.3. The third-order valence-corrected chi connectivity index (χ3v) is 4.54. The van der Waals surface area contributed by atoms with E-state index in [-0.39, 0.29) is 0 Å². The van der Waals surface area contributed by atoms with Gasteiger partial charge < -0.3 is 10.6 Å². The second-order valence-corrected chi connectivity index (χ2v) is 5.86. The molecule has 2 atom stereocenters. The highest BCUT2D eigenvalue weighted by Crippen LogP contribution is 2.32. The van der Waals surface area contributed by atoms with Gasteiger partial charge in [-0.15, -0.1) is 0 Å². The summed E-state index contributed by atoms with van der Waals surface area (Å²) < 4.78 is 0. The van der Waals surface area contributed by atoms with Gasteiger partial charge in [0.25, 0.3) is 0 Å². The maximum atomic E-state index is 6.18. The third-order valence-electron chi connectivity index (χ3n) is 4.54. The second kappa shape index (κ2) is 5.84. The number of benzene rings is 2. The summed E-state index contributed by atoms with van der Waals surface area (Å²) in [5.74, 6) is 0. The predicted molar refractivity (Wildman–Crippen MR) is 87.2 cm³/mol. The van der Waals surface area contributed by atoms with E-state index in [4.69, 9.17) is 5.73 Å². The van der Waals surface area contributed by atoms with Crippen LogP contribution in [0.25, 0.3) is 10.8 Å². The van der Waals surface area contributed by atoms with Crippen LogP contribution in [0.5, 0.6) is 0 Å². The molecule has 2 aromatic carbocycles. The molecule has 1 saturated carbocycles. The van der Waals surface area contributed by atoms with Gasteiger partial charge in [-0.2, -0.15) is 0 Å². The highest BCUT2D eigenvalue weighted by molar-refractivity contribution is 5.94. The normalized spacial score (nSPS) is 22.9. The Morgan fingerprint density at radius 3 is 2.70 bits per heavy atom. The van der Waals surface area contributed by atoms with Crippen LogP contribution in [0.1, 0.15) is 32.6 Å². The number of hydrogen-bond donors (Lipinski definition) is 1. The molecule has 0 spiro atoms. The molecule has 2 nitrogen and oxygen atoms in total. The second-order valence-electron chi connectivity index (χ2n) is 5.86. The summed E-state index contributed by atoms with van der Waals surface area (Å²) in [6, 6.07) is 16.3. The van der Waals surface area contributed by atoms with Crippen LogP contribution < -0.4 is 10.6 Å². The molecule has 0 aromatic heterocycles. The summed E-state index contributed by atoms with van der Waals surface area (Å²) in [5, 5.41) is 2.68. The molecule has 0 radical (unpaired) electrons. The lowest BCUT2D eigenvalue weighted by Crippen LogP contribution is -2.42. The summed E-state index contributed by atoms with van der Waals surface area (Å²) in [4.78, 5) is 2.56. The van der Waals surface area contributed by atoms with E-state index in [0.29, 0.717) is 12.1 Å². The van der Waals surface area contributed by atoms with E-state index >= 15 is 0 Å². The van der Waals surface area contributed by atoms with Crippen molar-refractivity contribution in [1.82, 2.24) is 0 Å². The molecule has 2 heteroatoms. The van der Waals surface area contributed by atoms with Gasteiger partial charge in [-0.1, -0.05) is 36.4 Å². The van der Waals surface area contributed by atoms with E-state index in [0.717, 1.165) is 13.0 Å². The molecule has 2 aromatic rings. The van der Waals surface area contributed by atoms with Crippen LogP contribution in [0.3, 0.4) is 0 Å². The SMILES string of the molecule is CCN(c1cccc2ccccc12)C1CCCC(N)C1. The average molecular weight is 268 g/mol. The van der Waals surface area contributed by atoms with Gasteiger partial charge in [0.2, 0.25) is 0 Å². The minimum atomic E-state index is 0.373. The van der Waals surface area contributed by atoms with Crippen LogP contribution in [0.2, 0.25) is 0 Å². The van der Waals surface area contributed by atoms with Gasteiger partial charge in [-0.05, 0) is 44.1 Å². The topological polar surface area (TPSA) is 29.3 Å². The molecular weight excluding hydrogens is 244 g/mol. The van der Waals surface area contributed by atoms with Crippen LogP contribution in [0.4, 0.5) is 5.69 Å². The first kappa shape index (κ1) is 13.4. The molecule has 106 valence electrons. The fourth-order valence-electron chi connectivity index (χ4n) is 3.57. The molecule has 0 amide bonds. The van der Waals surface area contributed by atoms with Crippen LogP contribution in [-0.2, 0) is 0 Å². The molecule has 0 aliphatic heterocycles. The smallest absolute Gasteiger partial charge is 0.0448 e. The number of fused-ring (bicyclic) bond motifs is 1. The fraction of sp³-hybridized carbons (Fsp3) is 0.444. The van der Waals surface area contributed by atoms with Crippen molar-refractivity contribution in [3.63, 3.8) is 0 Å². The van der Waals surface area contributed by atoms with E-state index in [2.05, 4.69) is 54.3 Å². The number of rotatable bonds is 3. The van der Waals surface area contributed by atoms with Gasteiger partial charge in [0.1, 0.15) is 0 Å². The third kappa shape index (κ3) is 2.53. The Morgan fingerprint density at radius 1 is 1.10 bits per heavy atom. The van der Waals surface area contributed by atoms with E-state index in [1.165, 1.54) is 35.7 Å². The van der Waals surface area contributed by atoms with Crippen LogP contribution in [0, 0.1) is 0 Å². The standard InChI is InChI=1S/C18H24N2/c1-2-20(16-10-6-9-15(19)13-16)18-12-5-8-14-7-3-4-11-17(14)18/h3-5,7-8,11-12,15-16H,2,6,9-10,13,19H2,1H3. The summed E-state index contributed by atoms with van der Waals surface area (Å²) in [6.45, 7) is 3.30. The molecule has 1 aliphatic rings. The molecule has 3 rings (SSSR count). The zero-order valence-corrected chi connectivity index (χ0v) is 12.3. The van der Waals surface area contributed by atoms with E-state index in [1.54, 1.807) is 0 Å². The molecule has 0 heterocycles. The highest BCUT2D eigenvalue weighted by atomic mass is 15.2. The first-order valence-electron chi connectivity index (χ1n) is 7.79. The van der Waals surface area contributed by atoms with E-state index in [1.807, 2.05) is 0 Å². The highest BCUT2D eigenvalue weighted by Gasteiger charge is 2.25. The molecular formula is C18H24N2. The molecule has 1 fully saturated rings. The monoisotopic (exact) mass is 268 g/mol. The molecule has 20 heavy (non-hydrogen) atoms. The Bertz CT molecular complexity index is 573. The van der Waals surface area contributed by atoms with Gasteiger partial charge in [-0.25, -0.2) is 0 Å². The molecule has 2 N–H and O–H groups in total. The maximum absolute atomic E-state index is 6.18. The molecule has 2 unspecified atom stereocenters. The predicted octanol–water partition coefficient (Wildman–Crippen LogP) is 3.94. The van der Waals surface area contributed by atoms with Gasteiger partial charge in [0, 0.05) is 29.7 Å². The van der Waals surface area contributed by atoms with Gasteiger partial charge in [0.15, 0.2) is 0 Å². The van der Waals surface area contributed by atoms with Crippen molar-refractivity contribution in [1.29, 1.82) is 0 Å². The summed E-state index contributed by atoms with van der Waals surface area (Å²) in [5.41, 5.74) is 7.55. The largest absolute Gasteiger partial charge is 0.368 e. The first-order chi connectivity index (χ1) is 9.79.